The highest BCUT2D eigenvalue weighted by Gasteiger charge is 2.23. The average Bonchev–Trinajstić information content (AvgIpc) is 2.70. The third-order valence-electron chi connectivity index (χ3n) is 3.57. The predicted molar refractivity (Wildman–Crippen MR) is 97.0 cm³/mol. The maximum absolute atomic E-state index is 12.3. The fourth-order valence-electron chi connectivity index (χ4n) is 2.16. The van der Waals surface area contributed by atoms with E-state index in [1.165, 1.54) is 39.5 Å². The molecule has 0 bridgehead atoms. The Balaban J connectivity index is 2.23. The minimum atomic E-state index is -4.28. The number of nitro benzene ring substituents is 1. The first-order valence-electron chi connectivity index (χ1n) is 7.59. The Kier molecular flexibility index (Phi) is 6.38. The smallest absolute Gasteiger partial charge is 0.312 e. The molecule has 12 heteroatoms. The van der Waals surface area contributed by atoms with Gasteiger partial charge in [-0.2, -0.15) is 0 Å². The number of carbonyl (C=O) groups is 1. The molecule has 0 aliphatic rings. The Hall–Kier alpha value is -3.38. The van der Waals surface area contributed by atoms with Gasteiger partial charge in [0.1, 0.15) is 11.5 Å². The molecule has 2 aromatic rings. The van der Waals surface area contributed by atoms with Gasteiger partial charge in [-0.1, -0.05) is 0 Å². The van der Waals surface area contributed by atoms with E-state index in [1.807, 2.05) is 10.3 Å². The molecule has 0 spiro atoms. The summed E-state index contributed by atoms with van der Waals surface area (Å²) in [5.41, 5.74) is 1.56. The number of hydrazine groups is 1. The summed E-state index contributed by atoms with van der Waals surface area (Å²) in [4.78, 5) is 24.0. The second kappa shape index (κ2) is 8.54. The van der Waals surface area contributed by atoms with Gasteiger partial charge < -0.3 is 14.2 Å². The van der Waals surface area contributed by atoms with Gasteiger partial charge in [-0.25, -0.2) is 8.42 Å². The molecule has 0 atom stereocenters. The molecule has 0 unspecified atom stereocenters. The highest BCUT2D eigenvalue weighted by molar-refractivity contribution is 7.89. The molecule has 2 rings (SSSR count). The lowest BCUT2D eigenvalue weighted by Gasteiger charge is -2.11. The zero-order valence-electron chi connectivity index (χ0n) is 15.1. The minimum absolute atomic E-state index is 0.0691. The molecule has 0 heterocycles. The first-order chi connectivity index (χ1) is 13.2. The van der Waals surface area contributed by atoms with E-state index < -0.39 is 31.4 Å². The van der Waals surface area contributed by atoms with Gasteiger partial charge in [0, 0.05) is 17.7 Å². The third-order valence-corrected chi connectivity index (χ3v) is 4.82. The molecule has 0 saturated heterocycles. The zero-order chi connectivity index (χ0) is 20.9. The summed E-state index contributed by atoms with van der Waals surface area (Å²) in [6.45, 7) is 0. The van der Waals surface area contributed by atoms with Crippen LogP contribution in [0.15, 0.2) is 41.3 Å². The van der Waals surface area contributed by atoms with E-state index in [4.69, 9.17) is 14.2 Å². The normalized spacial score (nSPS) is 10.8. The molecular weight excluding hydrogens is 394 g/mol. The van der Waals surface area contributed by atoms with Gasteiger partial charge in [-0.15, -0.1) is 4.83 Å². The fraction of sp³-hybridized carbons (Fsp3) is 0.188. The zero-order valence-corrected chi connectivity index (χ0v) is 15.9. The summed E-state index contributed by atoms with van der Waals surface area (Å²) in [6.07, 6.45) is 0. The van der Waals surface area contributed by atoms with Crippen molar-refractivity contribution in [3.8, 4) is 17.2 Å². The number of sulfonamides is 1. The van der Waals surface area contributed by atoms with Gasteiger partial charge in [0.2, 0.25) is 0 Å². The molecule has 0 radical (unpaired) electrons. The van der Waals surface area contributed by atoms with Crippen molar-refractivity contribution >= 4 is 21.6 Å². The van der Waals surface area contributed by atoms with Crippen molar-refractivity contribution in [1.82, 2.24) is 10.3 Å². The molecule has 0 aromatic heterocycles. The van der Waals surface area contributed by atoms with Crippen LogP contribution in [-0.2, 0) is 10.0 Å². The van der Waals surface area contributed by atoms with Crippen LogP contribution >= 0.6 is 0 Å². The molecule has 150 valence electrons. The molecule has 28 heavy (non-hydrogen) atoms. The van der Waals surface area contributed by atoms with E-state index in [0.29, 0.717) is 11.5 Å². The van der Waals surface area contributed by atoms with Gasteiger partial charge in [0.15, 0.2) is 5.75 Å². The van der Waals surface area contributed by atoms with Gasteiger partial charge in [0.05, 0.1) is 31.1 Å². The topological polar surface area (TPSA) is 146 Å². The van der Waals surface area contributed by atoms with Crippen LogP contribution in [0.3, 0.4) is 0 Å². The Morgan fingerprint density at radius 2 is 1.61 bits per heavy atom. The molecule has 11 nitrogen and oxygen atoms in total. The first-order valence-corrected chi connectivity index (χ1v) is 9.07. The maximum atomic E-state index is 12.3. The number of hydrogen-bond acceptors (Lipinski definition) is 8. The van der Waals surface area contributed by atoms with Crippen molar-refractivity contribution in [1.29, 1.82) is 0 Å². The second-order valence-corrected chi connectivity index (χ2v) is 6.93. The van der Waals surface area contributed by atoms with Gasteiger partial charge in [-0.3, -0.25) is 20.3 Å². The summed E-state index contributed by atoms with van der Waals surface area (Å²) in [5.74, 6) is -0.225. The number of methoxy groups -OCH3 is 3. The van der Waals surface area contributed by atoms with Crippen LogP contribution in [0.2, 0.25) is 0 Å². The van der Waals surface area contributed by atoms with E-state index in [9.17, 15) is 23.3 Å². The van der Waals surface area contributed by atoms with Crippen molar-refractivity contribution in [2.45, 2.75) is 4.90 Å². The SMILES string of the molecule is COc1cc(OC)cc(C(=O)NNS(=O)(=O)c2ccc(OC)c([N+](=O)[O-])c2)c1. The fourth-order valence-corrected chi connectivity index (χ4v) is 3.02. The number of amides is 1. The lowest BCUT2D eigenvalue weighted by atomic mass is 10.2. The Labute approximate surface area is 160 Å². The van der Waals surface area contributed by atoms with Crippen LogP contribution in [0.25, 0.3) is 0 Å². The standard InChI is InChI=1S/C16H17N3O8S/c1-25-11-6-10(7-12(8-11)26-2)16(20)17-18-28(23,24)13-4-5-15(27-3)14(9-13)19(21)22/h4-9,18H,1-3H3,(H,17,20). The first kappa shape index (κ1) is 20.9. The lowest BCUT2D eigenvalue weighted by Crippen LogP contribution is -2.41. The average molecular weight is 411 g/mol. The number of hydrogen-bond donors (Lipinski definition) is 2. The number of nitro groups is 1. The van der Waals surface area contributed by atoms with Crippen molar-refractivity contribution in [2.75, 3.05) is 21.3 Å². The van der Waals surface area contributed by atoms with Crippen molar-refractivity contribution in [2.24, 2.45) is 0 Å². The van der Waals surface area contributed by atoms with Crippen LogP contribution < -0.4 is 24.5 Å². The van der Waals surface area contributed by atoms with Crippen LogP contribution in [-0.4, -0.2) is 40.6 Å². The summed E-state index contributed by atoms with van der Waals surface area (Å²) < 4.78 is 39.6. The summed E-state index contributed by atoms with van der Waals surface area (Å²) >= 11 is 0. The molecule has 2 N–H and O–H groups in total. The molecule has 0 aliphatic heterocycles. The van der Waals surface area contributed by atoms with Gasteiger partial charge >= 0.3 is 5.69 Å². The van der Waals surface area contributed by atoms with Gasteiger partial charge in [-0.05, 0) is 24.3 Å². The maximum Gasteiger partial charge on any atom is 0.312 e. The highest BCUT2D eigenvalue weighted by Crippen LogP contribution is 2.29. The molecule has 1 amide bonds. The van der Waals surface area contributed by atoms with Crippen LogP contribution in [0, 0.1) is 10.1 Å². The number of ether oxygens (including phenoxy) is 3. The number of carbonyl (C=O) groups excluding carboxylic acids is 1. The van der Waals surface area contributed by atoms with Crippen molar-refractivity contribution in [3.05, 3.63) is 52.1 Å². The largest absolute Gasteiger partial charge is 0.497 e. The van der Waals surface area contributed by atoms with E-state index >= 15 is 0 Å². The monoisotopic (exact) mass is 411 g/mol. The summed E-state index contributed by atoms with van der Waals surface area (Å²) in [6, 6.07) is 7.37. The van der Waals surface area contributed by atoms with Crippen molar-refractivity contribution < 1.29 is 32.3 Å². The van der Waals surface area contributed by atoms with Crippen LogP contribution in [0.5, 0.6) is 17.2 Å². The van der Waals surface area contributed by atoms with E-state index in [2.05, 4.69) is 0 Å². The lowest BCUT2D eigenvalue weighted by molar-refractivity contribution is -0.386. The molecular formula is C16H17N3O8S. The Bertz CT molecular complexity index is 985. The number of nitrogens with zero attached hydrogens (tertiary/aromatic N) is 1. The summed E-state index contributed by atoms with van der Waals surface area (Å²) in [7, 11) is -0.263. The van der Waals surface area contributed by atoms with Crippen LogP contribution in [0.4, 0.5) is 5.69 Å². The van der Waals surface area contributed by atoms with Crippen LogP contribution in [0.1, 0.15) is 10.4 Å². The molecule has 0 fully saturated rings. The minimum Gasteiger partial charge on any atom is -0.497 e. The Morgan fingerprint density at radius 3 is 2.11 bits per heavy atom. The van der Waals surface area contributed by atoms with E-state index in [-0.39, 0.29) is 11.3 Å². The number of nitrogens with one attached hydrogen (secondary N) is 2. The highest BCUT2D eigenvalue weighted by atomic mass is 32.2. The number of rotatable bonds is 8. The quantitative estimate of drug-likeness (QED) is 0.487. The number of benzene rings is 2. The third kappa shape index (κ3) is 4.66. The molecule has 2 aromatic carbocycles. The Morgan fingerprint density at radius 1 is 1.00 bits per heavy atom. The van der Waals surface area contributed by atoms with Gasteiger partial charge in [0.25, 0.3) is 15.9 Å². The van der Waals surface area contributed by atoms with Crippen molar-refractivity contribution in [3.63, 3.8) is 0 Å². The molecule has 0 aliphatic carbocycles. The molecule has 0 saturated carbocycles. The predicted octanol–water partition coefficient (Wildman–Crippen LogP) is 1.24. The second-order valence-electron chi connectivity index (χ2n) is 5.25. The van der Waals surface area contributed by atoms with E-state index in [0.717, 1.165) is 18.2 Å². The van der Waals surface area contributed by atoms with E-state index in [1.54, 1.807) is 0 Å². The summed E-state index contributed by atoms with van der Waals surface area (Å²) in [5, 5.41) is 11.0.